The van der Waals surface area contributed by atoms with Crippen molar-refractivity contribution in [2.45, 2.75) is 13.5 Å². The molecule has 4 heteroatoms. The molecule has 0 aliphatic rings. The van der Waals surface area contributed by atoms with E-state index in [1.54, 1.807) is 0 Å². The van der Waals surface area contributed by atoms with Crippen molar-refractivity contribution in [1.82, 2.24) is 9.97 Å². The Morgan fingerprint density at radius 3 is 2.47 bits per heavy atom. The topological polar surface area (TPSA) is 48.9 Å². The molecule has 1 aromatic heterocycles. The molecule has 0 saturated heterocycles. The number of aromatic amines is 1. The summed E-state index contributed by atoms with van der Waals surface area (Å²) in [5, 5.41) is 9.01. The van der Waals surface area contributed by atoms with E-state index in [9.17, 15) is 0 Å². The molecule has 0 aliphatic heterocycles. The molecule has 15 heavy (non-hydrogen) atoms. The van der Waals surface area contributed by atoms with E-state index in [4.69, 9.17) is 5.11 Å². The summed E-state index contributed by atoms with van der Waals surface area (Å²) in [7, 11) is 0. The van der Waals surface area contributed by atoms with Gasteiger partial charge in [-0.3, -0.25) is 0 Å². The molecular formula is C11H14CaN2O. The standard InChI is InChI=1S/C11H12N2O.Ca.2H/c1-8-10(7-14)13-11(12-8)9-5-3-2-4-6-9;;;/h2-6,14H,7H2,1H3,(H,12,13);;;. The van der Waals surface area contributed by atoms with E-state index >= 15 is 0 Å². The number of imidazole rings is 1. The van der Waals surface area contributed by atoms with E-state index in [1.807, 2.05) is 37.3 Å². The number of aromatic nitrogens is 2. The average molecular weight is 230 g/mol. The van der Waals surface area contributed by atoms with Crippen molar-refractivity contribution in [3.63, 3.8) is 0 Å². The molecule has 2 N–H and O–H groups in total. The molecule has 1 heterocycles. The number of H-pyrrole nitrogens is 1. The fourth-order valence-electron chi connectivity index (χ4n) is 1.38. The molecule has 2 aromatic rings. The van der Waals surface area contributed by atoms with Crippen molar-refractivity contribution >= 4 is 37.7 Å². The number of hydrogen-bond acceptors (Lipinski definition) is 2. The second-order valence-electron chi connectivity index (χ2n) is 3.17. The quantitative estimate of drug-likeness (QED) is 0.755. The molecule has 0 amide bonds. The van der Waals surface area contributed by atoms with Gasteiger partial charge in [-0.1, -0.05) is 30.3 Å². The van der Waals surface area contributed by atoms with Crippen molar-refractivity contribution in [2.75, 3.05) is 0 Å². The van der Waals surface area contributed by atoms with Crippen LogP contribution in [-0.4, -0.2) is 52.8 Å². The third-order valence-electron chi connectivity index (χ3n) is 2.19. The summed E-state index contributed by atoms with van der Waals surface area (Å²) in [5.74, 6) is 0.812. The summed E-state index contributed by atoms with van der Waals surface area (Å²) in [6, 6.07) is 9.86. The SMILES string of the molecule is Cc1nc(-c2ccccc2)[nH]c1CO.[CaH2]. The van der Waals surface area contributed by atoms with Gasteiger partial charge in [-0.2, -0.15) is 0 Å². The number of aryl methyl sites for hydroxylation is 1. The Morgan fingerprint density at radius 2 is 1.93 bits per heavy atom. The van der Waals surface area contributed by atoms with Crippen LogP contribution in [0, 0.1) is 6.92 Å². The summed E-state index contributed by atoms with van der Waals surface area (Å²) >= 11 is 0. The van der Waals surface area contributed by atoms with E-state index in [-0.39, 0.29) is 44.3 Å². The molecule has 1 aromatic carbocycles. The summed E-state index contributed by atoms with van der Waals surface area (Å²) in [6.07, 6.45) is 0. The van der Waals surface area contributed by atoms with Crippen LogP contribution in [-0.2, 0) is 6.61 Å². The van der Waals surface area contributed by atoms with Gasteiger partial charge in [-0.15, -0.1) is 0 Å². The Hall–Kier alpha value is -0.350. The molecule has 2 rings (SSSR count). The molecule has 0 fully saturated rings. The van der Waals surface area contributed by atoms with Gasteiger partial charge in [0.15, 0.2) is 0 Å². The molecule has 3 nitrogen and oxygen atoms in total. The van der Waals surface area contributed by atoms with Crippen LogP contribution < -0.4 is 0 Å². The number of nitrogens with one attached hydrogen (secondary N) is 1. The van der Waals surface area contributed by atoms with E-state index in [0.717, 1.165) is 22.8 Å². The first-order valence-corrected chi connectivity index (χ1v) is 4.53. The number of hydrogen-bond donors (Lipinski definition) is 2. The fraction of sp³-hybridized carbons (Fsp3) is 0.182. The molecule has 0 spiro atoms. The Morgan fingerprint density at radius 1 is 1.27 bits per heavy atom. The van der Waals surface area contributed by atoms with Gasteiger partial charge in [0.25, 0.3) is 0 Å². The normalized spacial score (nSPS) is 9.73. The Bertz CT molecular complexity index is 425. The fourth-order valence-corrected chi connectivity index (χ4v) is 1.38. The minimum atomic E-state index is 0. The van der Waals surface area contributed by atoms with Crippen molar-refractivity contribution in [1.29, 1.82) is 0 Å². The van der Waals surface area contributed by atoms with Gasteiger partial charge in [-0.05, 0) is 6.92 Å². The molecule has 0 unspecified atom stereocenters. The third-order valence-corrected chi connectivity index (χ3v) is 2.19. The van der Waals surface area contributed by atoms with Crippen LogP contribution in [0.1, 0.15) is 11.4 Å². The zero-order valence-corrected chi connectivity index (χ0v) is 7.99. The first kappa shape index (κ1) is 12.7. The monoisotopic (exact) mass is 230 g/mol. The van der Waals surface area contributed by atoms with Crippen molar-refractivity contribution < 1.29 is 5.11 Å². The van der Waals surface area contributed by atoms with Crippen LogP contribution in [0.15, 0.2) is 30.3 Å². The number of aliphatic hydroxyl groups is 1. The zero-order valence-electron chi connectivity index (χ0n) is 7.99. The number of aliphatic hydroxyl groups excluding tert-OH is 1. The summed E-state index contributed by atoms with van der Waals surface area (Å²) in [5.41, 5.74) is 2.67. The van der Waals surface area contributed by atoms with Crippen LogP contribution in [0.25, 0.3) is 11.4 Å². The van der Waals surface area contributed by atoms with Gasteiger partial charge >= 0.3 is 37.7 Å². The van der Waals surface area contributed by atoms with Crippen LogP contribution in [0.4, 0.5) is 0 Å². The van der Waals surface area contributed by atoms with Gasteiger partial charge in [0.1, 0.15) is 5.82 Å². The molecule has 76 valence electrons. The first-order valence-electron chi connectivity index (χ1n) is 4.53. The zero-order chi connectivity index (χ0) is 9.97. The van der Waals surface area contributed by atoms with E-state index in [1.165, 1.54) is 0 Å². The molecule has 0 bridgehead atoms. The number of rotatable bonds is 2. The third kappa shape index (κ3) is 2.82. The van der Waals surface area contributed by atoms with E-state index in [2.05, 4.69) is 9.97 Å². The maximum atomic E-state index is 9.01. The van der Waals surface area contributed by atoms with Crippen LogP contribution in [0.2, 0.25) is 0 Å². The Balaban J connectivity index is 0.00000112. The van der Waals surface area contributed by atoms with E-state index < -0.39 is 0 Å². The Labute approximate surface area is 119 Å². The summed E-state index contributed by atoms with van der Waals surface area (Å²) in [6.45, 7) is 1.89. The maximum absolute atomic E-state index is 9.01. The first-order chi connectivity index (χ1) is 6.81. The van der Waals surface area contributed by atoms with Gasteiger partial charge in [0, 0.05) is 5.56 Å². The average Bonchev–Trinajstić information content (AvgIpc) is 2.61. The minimum absolute atomic E-state index is 0. The van der Waals surface area contributed by atoms with Crippen molar-refractivity contribution in [3.8, 4) is 11.4 Å². The van der Waals surface area contributed by atoms with Gasteiger partial charge in [-0.25, -0.2) is 4.98 Å². The summed E-state index contributed by atoms with van der Waals surface area (Å²) in [4.78, 5) is 7.42. The predicted molar refractivity (Wildman–Crippen MR) is 63.2 cm³/mol. The molecular weight excluding hydrogens is 216 g/mol. The second-order valence-corrected chi connectivity index (χ2v) is 3.17. The van der Waals surface area contributed by atoms with Crippen LogP contribution >= 0.6 is 0 Å². The van der Waals surface area contributed by atoms with E-state index in [0.29, 0.717) is 0 Å². The predicted octanol–water partition coefficient (Wildman–Crippen LogP) is 0.961. The van der Waals surface area contributed by atoms with Crippen LogP contribution in [0.5, 0.6) is 0 Å². The number of nitrogens with zero attached hydrogens (tertiary/aromatic N) is 1. The van der Waals surface area contributed by atoms with Gasteiger partial charge in [0.2, 0.25) is 0 Å². The van der Waals surface area contributed by atoms with Crippen molar-refractivity contribution in [3.05, 3.63) is 41.7 Å². The molecule has 0 radical (unpaired) electrons. The van der Waals surface area contributed by atoms with Crippen molar-refractivity contribution in [2.24, 2.45) is 0 Å². The molecule has 0 saturated carbocycles. The Kier molecular flexibility index (Phi) is 4.80. The van der Waals surface area contributed by atoms with Gasteiger partial charge in [0.05, 0.1) is 18.0 Å². The molecule has 0 atom stereocenters. The number of benzene rings is 1. The molecule has 0 aliphatic carbocycles. The second kappa shape index (κ2) is 5.66. The van der Waals surface area contributed by atoms with Gasteiger partial charge < -0.3 is 10.1 Å². The van der Waals surface area contributed by atoms with Crippen LogP contribution in [0.3, 0.4) is 0 Å². The summed E-state index contributed by atoms with van der Waals surface area (Å²) < 4.78 is 0.